The first-order valence-corrected chi connectivity index (χ1v) is 7.06. The summed E-state index contributed by atoms with van der Waals surface area (Å²) in [5.74, 6) is -0.226. The molecule has 0 saturated carbocycles. The van der Waals surface area contributed by atoms with E-state index in [2.05, 4.69) is 10.2 Å². The highest BCUT2D eigenvalue weighted by Gasteiger charge is 2.31. The third kappa shape index (κ3) is 2.29. The maximum absolute atomic E-state index is 11.8. The summed E-state index contributed by atoms with van der Waals surface area (Å²) in [6, 6.07) is 5.14. The van der Waals surface area contributed by atoms with Gasteiger partial charge in [0.2, 0.25) is 0 Å². The molecule has 1 N–H and O–H groups in total. The molecule has 1 fully saturated rings. The van der Waals surface area contributed by atoms with E-state index >= 15 is 0 Å². The molecule has 0 aliphatic carbocycles. The Bertz CT molecular complexity index is 550. The summed E-state index contributed by atoms with van der Waals surface area (Å²) in [7, 11) is 0. The van der Waals surface area contributed by atoms with Crippen LogP contribution in [-0.4, -0.2) is 36.0 Å². The maximum atomic E-state index is 11.8. The summed E-state index contributed by atoms with van der Waals surface area (Å²) in [5.41, 5.74) is 0.764. The zero-order valence-corrected chi connectivity index (χ0v) is 11.5. The lowest BCUT2D eigenvalue weighted by Crippen LogP contribution is -2.40. The number of fused-ring (bicyclic) bond motifs is 1. The number of carbonyl (C=O) groups is 2. The van der Waals surface area contributed by atoms with Crippen molar-refractivity contribution in [3.8, 4) is 5.75 Å². The molecule has 0 bridgehead atoms. The van der Waals surface area contributed by atoms with Crippen LogP contribution in [0.4, 0.5) is 0 Å². The third-order valence-corrected chi connectivity index (χ3v) is 3.93. The van der Waals surface area contributed by atoms with E-state index < -0.39 is 0 Å². The number of nitrogens with zero attached hydrogens (tertiary/aromatic N) is 1. The van der Waals surface area contributed by atoms with E-state index in [1.165, 1.54) is 19.3 Å². The normalized spacial score (nSPS) is 20.4. The van der Waals surface area contributed by atoms with E-state index in [0.717, 1.165) is 13.1 Å². The minimum Gasteiger partial charge on any atom is -0.475 e. The molecule has 2 amide bonds. The van der Waals surface area contributed by atoms with Gasteiger partial charge in [0.25, 0.3) is 11.8 Å². The Balaban J connectivity index is 1.81. The van der Waals surface area contributed by atoms with Crippen LogP contribution in [0.25, 0.3) is 0 Å². The lowest BCUT2D eigenvalue weighted by Gasteiger charge is -2.32. The quantitative estimate of drug-likeness (QED) is 0.854. The fourth-order valence-electron chi connectivity index (χ4n) is 2.83. The lowest BCUT2D eigenvalue weighted by atomic mass is 10.1. The topological polar surface area (TPSA) is 58.6 Å². The average molecular weight is 274 g/mol. The van der Waals surface area contributed by atoms with E-state index in [-0.39, 0.29) is 18.0 Å². The minimum atomic E-state index is -0.369. The smallest absolute Gasteiger partial charge is 0.262 e. The van der Waals surface area contributed by atoms with Crippen molar-refractivity contribution in [2.75, 3.05) is 13.1 Å². The van der Waals surface area contributed by atoms with Crippen molar-refractivity contribution in [1.82, 2.24) is 10.2 Å². The summed E-state index contributed by atoms with van der Waals surface area (Å²) < 4.78 is 5.93. The Morgan fingerprint density at radius 3 is 2.65 bits per heavy atom. The van der Waals surface area contributed by atoms with Gasteiger partial charge in [-0.05, 0) is 31.9 Å². The zero-order chi connectivity index (χ0) is 14.1. The van der Waals surface area contributed by atoms with Crippen LogP contribution in [0.15, 0.2) is 18.2 Å². The van der Waals surface area contributed by atoms with Crippen LogP contribution >= 0.6 is 0 Å². The third-order valence-electron chi connectivity index (χ3n) is 3.93. The van der Waals surface area contributed by atoms with Crippen molar-refractivity contribution in [2.24, 2.45) is 0 Å². The van der Waals surface area contributed by atoms with E-state index in [9.17, 15) is 9.59 Å². The number of piperidine rings is 1. The van der Waals surface area contributed by atoms with Gasteiger partial charge < -0.3 is 4.74 Å². The minimum absolute atomic E-state index is 0.0923. The first-order chi connectivity index (χ1) is 9.66. The van der Waals surface area contributed by atoms with Crippen LogP contribution < -0.4 is 10.1 Å². The molecule has 2 aliphatic heterocycles. The molecule has 1 aromatic carbocycles. The maximum Gasteiger partial charge on any atom is 0.262 e. The van der Waals surface area contributed by atoms with E-state index in [1.54, 1.807) is 18.2 Å². The second-order valence-electron chi connectivity index (χ2n) is 5.28. The summed E-state index contributed by atoms with van der Waals surface area (Å²) >= 11 is 0. The molecular weight excluding hydrogens is 256 g/mol. The van der Waals surface area contributed by atoms with Crippen molar-refractivity contribution in [3.63, 3.8) is 0 Å². The Kier molecular flexibility index (Phi) is 3.44. The number of hydrogen-bond donors (Lipinski definition) is 1. The number of likely N-dealkylation sites (tertiary alicyclic amines) is 1. The molecular formula is C15H18N2O3. The van der Waals surface area contributed by atoms with Crippen LogP contribution in [0.1, 0.15) is 46.9 Å². The standard InChI is InChI=1S/C15H18N2O3/c1-10(17-8-3-2-4-9-17)20-12-7-5-6-11-13(12)15(19)16-14(11)18/h5-7,10H,2-4,8-9H2,1H3,(H,16,18,19). The Labute approximate surface area is 117 Å². The lowest BCUT2D eigenvalue weighted by molar-refractivity contribution is 0.0256. The molecule has 0 spiro atoms. The van der Waals surface area contributed by atoms with Gasteiger partial charge >= 0.3 is 0 Å². The van der Waals surface area contributed by atoms with Gasteiger partial charge in [0.15, 0.2) is 0 Å². The molecule has 5 nitrogen and oxygen atoms in total. The van der Waals surface area contributed by atoms with Gasteiger partial charge in [-0.2, -0.15) is 0 Å². The van der Waals surface area contributed by atoms with E-state index in [4.69, 9.17) is 4.74 Å². The summed E-state index contributed by atoms with van der Waals surface area (Å²) in [5, 5.41) is 2.30. The van der Waals surface area contributed by atoms with Gasteiger partial charge in [-0.25, -0.2) is 0 Å². The van der Waals surface area contributed by atoms with Crippen molar-refractivity contribution in [2.45, 2.75) is 32.4 Å². The predicted octanol–water partition coefficient (Wildman–Crippen LogP) is 1.78. The van der Waals surface area contributed by atoms with Crippen LogP contribution in [0.2, 0.25) is 0 Å². The first-order valence-electron chi connectivity index (χ1n) is 7.06. The fourth-order valence-corrected chi connectivity index (χ4v) is 2.83. The Morgan fingerprint density at radius 1 is 1.15 bits per heavy atom. The van der Waals surface area contributed by atoms with Crippen LogP contribution in [0.3, 0.4) is 0 Å². The van der Waals surface area contributed by atoms with Crippen LogP contribution in [0.5, 0.6) is 5.75 Å². The number of ether oxygens (including phenoxy) is 1. The number of nitrogens with one attached hydrogen (secondary N) is 1. The molecule has 0 radical (unpaired) electrons. The Hall–Kier alpha value is -1.88. The molecule has 1 aromatic rings. The van der Waals surface area contributed by atoms with Gasteiger partial charge in [-0.3, -0.25) is 19.8 Å². The van der Waals surface area contributed by atoms with E-state index in [0.29, 0.717) is 16.9 Å². The largest absolute Gasteiger partial charge is 0.475 e. The van der Waals surface area contributed by atoms with Gasteiger partial charge in [0.05, 0.1) is 11.1 Å². The van der Waals surface area contributed by atoms with Gasteiger partial charge in [-0.1, -0.05) is 12.5 Å². The van der Waals surface area contributed by atoms with Crippen molar-refractivity contribution in [1.29, 1.82) is 0 Å². The molecule has 106 valence electrons. The van der Waals surface area contributed by atoms with Gasteiger partial charge in [0, 0.05) is 13.1 Å². The number of imide groups is 1. The molecule has 5 heteroatoms. The SMILES string of the molecule is CC(Oc1cccc2c1C(=O)NC2=O)N1CCCCC1. The highest BCUT2D eigenvalue weighted by atomic mass is 16.5. The van der Waals surface area contributed by atoms with Gasteiger partial charge in [-0.15, -0.1) is 0 Å². The number of benzene rings is 1. The average Bonchev–Trinajstić information content (AvgIpc) is 2.76. The van der Waals surface area contributed by atoms with Gasteiger partial charge in [0.1, 0.15) is 12.0 Å². The number of hydrogen-bond acceptors (Lipinski definition) is 4. The van der Waals surface area contributed by atoms with Crippen LogP contribution in [0, 0.1) is 0 Å². The molecule has 1 unspecified atom stereocenters. The second-order valence-corrected chi connectivity index (χ2v) is 5.28. The number of rotatable bonds is 3. The highest BCUT2D eigenvalue weighted by Crippen LogP contribution is 2.28. The highest BCUT2D eigenvalue weighted by molar-refractivity contribution is 6.22. The van der Waals surface area contributed by atoms with Crippen molar-refractivity contribution >= 4 is 11.8 Å². The molecule has 1 atom stereocenters. The first kappa shape index (κ1) is 13.1. The van der Waals surface area contributed by atoms with E-state index in [1.807, 2.05) is 6.92 Å². The molecule has 1 saturated heterocycles. The molecule has 3 rings (SSSR count). The monoisotopic (exact) mass is 274 g/mol. The zero-order valence-electron chi connectivity index (χ0n) is 11.5. The second kappa shape index (κ2) is 5.25. The van der Waals surface area contributed by atoms with Crippen molar-refractivity contribution in [3.05, 3.63) is 29.3 Å². The molecule has 0 aromatic heterocycles. The summed E-state index contributed by atoms with van der Waals surface area (Å²) in [4.78, 5) is 25.7. The number of carbonyl (C=O) groups excluding carboxylic acids is 2. The summed E-state index contributed by atoms with van der Waals surface area (Å²) in [6.45, 7) is 4.02. The molecule has 20 heavy (non-hydrogen) atoms. The fraction of sp³-hybridized carbons (Fsp3) is 0.467. The summed E-state index contributed by atoms with van der Waals surface area (Å²) in [6.07, 6.45) is 3.53. The molecule has 2 heterocycles. The van der Waals surface area contributed by atoms with Crippen LogP contribution in [-0.2, 0) is 0 Å². The van der Waals surface area contributed by atoms with Crippen molar-refractivity contribution < 1.29 is 14.3 Å². The molecule has 2 aliphatic rings. The number of amides is 2. The Morgan fingerprint density at radius 2 is 1.90 bits per heavy atom. The predicted molar refractivity (Wildman–Crippen MR) is 73.8 cm³/mol.